The number of nitrogens with two attached hydrogens (primary N) is 1. The van der Waals surface area contributed by atoms with Gasteiger partial charge < -0.3 is 10.5 Å². The summed E-state index contributed by atoms with van der Waals surface area (Å²) in [5.41, 5.74) is 7.40. The molecule has 2 N–H and O–H groups in total. The fourth-order valence-corrected chi connectivity index (χ4v) is 2.38. The van der Waals surface area contributed by atoms with Gasteiger partial charge in [-0.15, -0.1) is 0 Å². The van der Waals surface area contributed by atoms with Crippen molar-refractivity contribution in [3.8, 4) is 11.5 Å². The Morgan fingerprint density at radius 2 is 1.84 bits per heavy atom. The lowest BCUT2D eigenvalue weighted by molar-refractivity contribution is 0.476. The fraction of sp³-hybridized carbons (Fsp3) is 0.133. The molecule has 2 rings (SSSR count). The largest absolute Gasteiger partial charge is 0.456 e. The van der Waals surface area contributed by atoms with Gasteiger partial charge in [0, 0.05) is 0 Å². The molecule has 0 atom stereocenters. The standard InChI is InChI=1S/C15H14ClNOS/c1-2-10-6-3-4-8-12(10)18-13-9-5-7-11(16)14(13)15(17)19/h3-9H,2H2,1H3,(H2,17,19). The van der Waals surface area contributed by atoms with Crippen LogP contribution < -0.4 is 10.5 Å². The van der Waals surface area contributed by atoms with Crippen LogP contribution in [-0.4, -0.2) is 4.99 Å². The highest BCUT2D eigenvalue weighted by Gasteiger charge is 2.12. The molecule has 0 saturated carbocycles. The normalized spacial score (nSPS) is 10.2. The average molecular weight is 292 g/mol. The minimum atomic E-state index is 0.231. The molecule has 0 heterocycles. The second kappa shape index (κ2) is 6.04. The Morgan fingerprint density at radius 1 is 1.16 bits per heavy atom. The minimum absolute atomic E-state index is 0.231. The van der Waals surface area contributed by atoms with Crippen molar-refractivity contribution in [2.45, 2.75) is 13.3 Å². The van der Waals surface area contributed by atoms with Crippen LogP contribution in [-0.2, 0) is 6.42 Å². The molecule has 0 bridgehead atoms. The van der Waals surface area contributed by atoms with Gasteiger partial charge in [-0.3, -0.25) is 0 Å². The molecule has 2 nitrogen and oxygen atoms in total. The van der Waals surface area contributed by atoms with Crippen molar-refractivity contribution in [1.82, 2.24) is 0 Å². The SMILES string of the molecule is CCc1ccccc1Oc1cccc(Cl)c1C(N)=S. The maximum Gasteiger partial charge on any atom is 0.139 e. The Balaban J connectivity index is 2.44. The monoisotopic (exact) mass is 291 g/mol. The van der Waals surface area contributed by atoms with Crippen LogP contribution in [0, 0.1) is 0 Å². The summed E-state index contributed by atoms with van der Waals surface area (Å²) < 4.78 is 5.92. The fourth-order valence-electron chi connectivity index (χ4n) is 1.84. The lowest BCUT2D eigenvalue weighted by Gasteiger charge is -2.13. The Hall–Kier alpha value is -1.58. The third-order valence-electron chi connectivity index (χ3n) is 2.80. The smallest absolute Gasteiger partial charge is 0.139 e. The molecule has 4 heteroatoms. The number of thiocarbonyl (C=S) groups is 1. The molecule has 19 heavy (non-hydrogen) atoms. The predicted molar refractivity (Wildman–Crippen MR) is 83.2 cm³/mol. The van der Waals surface area contributed by atoms with Crippen molar-refractivity contribution >= 4 is 28.8 Å². The maximum absolute atomic E-state index is 6.12. The summed E-state index contributed by atoms with van der Waals surface area (Å²) in [6, 6.07) is 13.2. The molecule has 0 radical (unpaired) electrons. The third kappa shape index (κ3) is 3.06. The molecule has 0 saturated heterocycles. The van der Waals surface area contributed by atoms with Crippen molar-refractivity contribution in [3.05, 3.63) is 58.6 Å². The molecule has 0 aliphatic rings. The molecular weight excluding hydrogens is 278 g/mol. The van der Waals surface area contributed by atoms with Gasteiger partial charge in [-0.25, -0.2) is 0 Å². The van der Waals surface area contributed by atoms with Crippen LogP contribution in [0.5, 0.6) is 11.5 Å². The zero-order valence-electron chi connectivity index (χ0n) is 10.5. The zero-order chi connectivity index (χ0) is 13.8. The lowest BCUT2D eigenvalue weighted by atomic mass is 10.1. The molecule has 0 spiro atoms. The summed E-state index contributed by atoms with van der Waals surface area (Å²) in [6.45, 7) is 2.08. The third-order valence-corrected chi connectivity index (χ3v) is 3.31. The lowest BCUT2D eigenvalue weighted by Crippen LogP contribution is -2.11. The first-order valence-corrected chi connectivity index (χ1v) is 6.76. The van der Waals surface area contributed by atoms with Crippen molar-refractivity contribution in [2.75, 3.05) is 0 Å². The molecule has 0 unspecified atom stereocenters. The predicted octanol–water partition coefficient (Wildman–Crippen LogP) is 4.33. The Labute approximate surface area is 123 Å². The molecule has 0 amide bonds. The zero-order valence-corrected chi connectivity index (χ0v) is 12.1. The van der Waals surface area contributed by atoms with E-state index in [0.29, 0.717) is 16.3 Å². The number of benzene rings is 2. The van der Waals surface area contributed by atoms with Crippen LogP contribution in [0.15, 0.2) is 42.5 Å². The van der Waals surface area contributed by atoms with Gasteiger partial charge in [0.25, 0.3) is 0 Å². The van der Waals surface area contributed by atoms with E-state index in [9.17, 15) is 0 Å². The van der Waals surface area contributed by atoms with Crippen LogP contribution in [0.2, 0.25) is 5.02 Å². The number of hydrogen-bond donors (Lipinski definition) is 1. The molecule has 0 aromatic heterocycles. The summed E-state index contributed by atoms with van der Waals surface area (Å²) in [5.74, 6) is 1.38. The summed E-state index contributed by atoms with van der Waals surface area (Å²) >= 11 is 11.1. The van der Waals surface area contributed by atoms with Crippen molar-refractivity contribution in [3.63, 3.8) is 0 Å². The first-order valence-electron chi connectivity index (χ1n) is 5.97. The summed E-state index contributed by atoms with van der Waals surface area (Å²) in [7, 11) is 0. The van der Waals surface area contributed by atoms with E-state index in [1.807, 2.05) is 36.4 Å². The number of aryl methyl sites for hydroxylation is 1. The average Bonchev–Trinajstić information content (AvgIpc) is 2.39. The van der Waals surface area contributed by atoms with Crippen molar-refractivity contribution in [1.29, 1.82) is 0 Å². The van der Waals surface area contributed by atoms with Gasteiger partial charge in [-0.1, -0.05) is 55.0 Å². The number of hydrogen-bond acceptors (Lipinski definition) is 2. The number of para-hydroxylation sites is 1. The van der Waals surface area contributed by atoms with Crippen molar-refractivity contribution < 1.29 is 4.74 Å². The number of rotatable bonds is 4. The van der Waals surface area contributed by atoms with Gasteiger partial charge in [-0.05, 0) is 30.2 Å². The second-order valence-electron chi connectivity index (χ2n) is 4.04. The molecule has 0 fully saturated rings. The van der Waals surface area contributed by atoms with Gasteiger partial charge in [0.1, 0.15) is 16.5 Å². The molecule has 2 aromatic rings. The van der Waals surface area contributed by atoms with Gasteiger partial charge in [-0.2, -0.15) is 0 Å². The molecule has 2 aromatic carbocycles. The van der Waals surface area contributed by atoms with Crippen molar-refractivity contribution in [2.24, 2.45) is 5.73 Å². The Bertz CT molecular complexity index is 613. The van der Waals surface area contributed by atoms with E-state index in [1.165, 1.54) is 0 Å². The Kier molecular flexibility index (Phi) is 4.40. The van der Waals surface area contributed by atoms with Crippen LogP contribution in [0.4, 0.5) is 0 Å². The van der Waals surface area contributed by atoms with Gasteiger partial charge in [0.2, 0.25) is 0 Å². The first-order chi connectivity index (χ1) is 9.13. The number of halogens is 1. The topological polar surface area (TPSA) is 35.2 Å². The number of ether oxygens (including phenoxy) is 1. The molecule has 0 aliphatic heterocycles. The summed E-state index contributed by atoms with van der Waals surface area (Å²) in [4.78, 5) is 0.231. The van der Waals surface area contributed by atoms with Gasteiger partial charge in [0.05, 0.1) is 10.6 Å². The summed E-state index contributed by atoms with van der Waals surface area (Å²) in [5, 5.41) is 0.499. The van der Waals surface area contributed by atoms with Gasteiger partial charge in [0.15, 0.2) is 0 Å². The van der Waals surface area contributed by atoms with Crippen LogP contribution in [0.3, 0.4) is 0 Å². The van der Waals surface area contributed by atoms with E-state index in [-0.39, 0.29) is 4.99 Å². The molecule has 0 aliphatic carbocycles. The van der Waals surface area contributed by atoms with Crippen LogP contribution >= 0.6 is 23.8 Å². The summed E-state index contributed by atoms with van der Waals surface area (Å²) in [6.07, 6.45) is 0.888. The van der Waals surface area contributed by atoms with E-state index in [1.54, 1.807) is 6.07 Å². The van der Waals surface area contributed by atoms with Gasteiger partial charge >= 0.3 is 0 Å². The van der Waals surface area contributed by atoms with Crippen LogP contribution in [0.1, 0.15) is 18.1 Å². The second-order valence-corrected chi connectivity index (χ2v) is 4.89. The van der Waals surface area contributed by atoms with E-state index >= 15 is 0 Å². The maximum atomic E-state index is 6.12. The van der Waals surface area contributed by atoms with E-state index in [2.05, 4.69) is 6.92 Å². The highest BCUT2D eigenvalue weighted by Crippen LogP contribution is 2.32. The van der Waals surface area contributed by atoms with E-state index < -0.39 is 0 Å². The van der Waals surface area contributed by atoms with E-state index in [4.69, 9.17) is 34.3 Å². The highest BCUT2D eigenvalue weighted by atomic mass is 35.5. The minimum Gasteiger partial charge on any atom is -0.456 e. The highest BCUT2D eigenvalue weighted by molar-refractivity contribution is 7.80. The first kappa shape index (κ1) is 13.8. The Morgan fingerprint density at radius 3 is 2.53 bits per heavy atom. The quantitative estimate of drug-likeness (QED) is 0.852. The van der Waals surface area contributed by atoms with E-state index in [0.717, 1.165) is 17.7 Å². The molecule has 98 valence electrons. The molecular formula is C15H14ClNOS. The van der Waals surface area contributed by atoms with Crippen LogP contribution in [0.25, 0.3) is 0 Å².